The van der Waals surface area contributed by atoms with E-state index >= 15 is 0 Å². The highest BCUT2D eigenvalue weighted by Crippen LogP contribution is 2.85. The summed E-state index contributed by atoms with van der Waals surface area (Å²) in [5.74, 6) is 3.41. The van der Waals surface area contributed by atoms with Crippen LogP contribution >= 0.6 is 0 Å². The van der Waals surface area contributed by atoms with Gasteiger partial charge in [0.2, 0.25) is 0 Å². The second kappa shape index (κ2) is 14.6. The van der Waals surface area contributed by atoms with Gasteiger partial charge in [-0.3, -0.25) is 0 Å². The molecular formula is C65H51N. The minimum absolute atomic E-state index is 0.167. The highest BCUT2D eigenvalue weighted by molar-refractivity contribution is 6.00. The van der Waals surface area contributed by atoms with Crippen LogP contribution in [0.2, 0.25) is 0 Å². The van der Waals surface area contributed by atoms with Crippen LogP contribution in [-0.4, -0.2) is 0 Å². The third-order valence-corrected chi connectivity index (χ3v) is 17.1. The van der Waals surface area contributed by atoms with Crippen molar-refractivity contribution in [3.05, 3.63) is 236 Å². The third kappa shape index (κ3) is 5.53. The van der Waals surface area contributed by atoms with Gasteiger partial charge in [-0.1, -0.05) is 182 Å². The molecule has 4 unspecified atom stereocenters. The van der Waals surface area contributed by atoms with Gasteiger partial charge in [0.1, 0.15) is 0 Å². The molecule has 0 aliphatic heterocycles. The molecule has 66 heavy (non-hydrogen) atoms. The second-order valence-corrected chi connectivity index (χ2v) is 20.2. The number of anilines is 3. The summed E-state index contributed by atoms with van der Waals surface area (Å²) in [4.78, 5) is 2.50. The Kier molecular flexibility index (Phi) is 8.45. The average molecular weight is 846 g/mol. The van der Waals surface area contributed by atoms with Gasteiger partial charge in [-0.05, 0) is 176 Å². The Hall–Kier alpha value is -7.22. The zero-order chi connectivity index (χ0) is 43.4. The highest BCUT2D eigenvalue weighted by atomic mass is 15.1. The van der Waals surface area contributed by atoms with Gasteiger partial charge in [-0.25, -0.2) is 0 Å². The first-order valence-corrected chi connectivity index (χ1v) is 24.3. The lowest BCUT2D eigenvalue weighted by Gasteiger charge is -2.64. The lowest BCUT2D eigenvalue weighted by Crippen LogP contribution is -2.62. The summed E-state index contributed by atoms with van der Waals surface area (Å²) in [6.45, 7) is 0. The van der Waals surface area contributed by atoms with Crippen LogP contribution in [0.15, 0.2) is 224 Å². The van der Waals surface area contributed by atoms with E-state index in [-0.39, 0.29) is 5.41 Å². The predicted molar refractivity (Wildman–Crippen MR) is 274 cm³/mol. The molecule has 4 fully saturated rings. The maximum Gasteiger partial charge on any atom is 0.0552 e. The number of rotatable bonds is 8. The van der Waals surface area contributed by atoms with E-state index in [9.17, 15) is 0 Å². The van der Waals surface area contributed by atoms with Crippen LogP contribution in [0.25, 0.3) is 66.8 Å². The van der Waals surface area contributed by atoms with Crippen LogP contribution in [0.4, 0.5) is 17.1 Å². The standard InChI is InChI=1S/C65H51N/c1-5-15-45(16-6-1)47-25-30-53(31-26-47)66(54-32-27-48(28-33-54)46-17-7-2-8-18-46)60-40-52(39-56(49-19-9-3-10-20-49)63(60)50-21-11-4-12-22-50)51-29-34-59-57(38-51)55-23-13-14-24-58(55)65(59)61-36-43-35-44-37-62(65)64(61,41-43)42-44/h1-34,38-40,43-44,61-62H,35-37,41-42H2. The normalized spacial score (nSPS) is 23.6. The molecule has 5 aliphatic rings. The molecule has 4 saturated carbocycles. The fraction of sp³-hybridized carbons (Fsp3) is 0.169. The molecule has 1 nitrogen and oxygen atoms in total. The van der Waals surface area contributed by atoms with Gasteiger partial charge < -0.3 is 4.90 Å². The minimum atomic E-state index is 0.167. The average Bonchev–Trinajstić information content (AvgIpc) is 3.92. The maximum absolute atomic E-state index is 2.59. The minimum Gasteiger partial charge on any atom is -0.310 e. The molecule has 3 bridgehead atoms. The monoisotopic (exact) mass is 845 g/mol. The van der Waals surface area contributed by atoms with Crippen molar-refractivity contribution in [2.75, 3.05) is 4.90 Å². The molecule has 0 amide bonds. The summed E-state index contributed by atoms with van der Waals surface area (Å²) < 4.78 is 0. The van der Waals surface area contributed by atoms with Crippen LogP contribution in [0.3, 0.4) is 0 Å². The van der Waals surface area contributed by atoms with E-state index in [0.717, 1.165) is 40.7 Å². The van der Waals surface area contributed by atoms with Gasteiger partial charge in [0.25, 0.3) is 0 Å². The van der Waals surface area contributed by atoms with Crippen molar-refractivity contribution in [2.24, 2.45) is 29.1 Å². The summed E-state index contributed by atoms with van der Waals surface area (Å²) in [6.07, 6.45) is 7.28. The van der Waals surface area contributed by atoms with Crippen LogP contribution in [-0.2, 0) is 5.41 Å². The van der Waals surface area contributed by atoms with Crippen molar-refractivity contribution in [1.82, 2.24) is 0 Å². The first kappa shape index (κ1) is 38.1. The van der Waals surface area contributed by atoms with Crippen LogP contribution in [0.5, 0.6) is 0 Å². The van der Waals surface area contributed by atoms with Crippen LogP contribution < -0.4 is 4.90 Å². The van der Waals surface area contributed by atoms with Crippen molar-refractivity contribution >= 4 is 17.1 Å². The molecule has 0 saturated heterocycles. The summed E-state index contributed by atoms with van der Waals surface area (Å²) >= 11 is 0. The first-order chi connectivity index (χ1) is 32.7. The predicted octanol–water partition coefficient (Wildman–Crippen LogP) is 17.2. The third-order valence-electron chi connectivity index (χ3n) is 17.1. The van der Waals surface area contributed by atoms with E-state index in [4.69, 9.17) is 0 Å². The molecule has 9 aromatic rings. The Bertz CT molecular complexity index is 3170. The zero-order valence-electron chi connectivity index (χ0n) is 37.2. The summed E-state index contributed by atoms with van der Waals surface area (Å²) in [6, 6.07) is 84.0. The molecule has 316 valence electrons. The molecule has 9 aromatic carbocycles. The molecular weight excluding hydrogens is 795 g/mol. The number of fused-ring (bicyclic) bond motifs is 9. The van der Waals surface area contributed by atoms with Gasteiger partial charge >= 0.3 is 0 Å². The van der Waals surface area contributed by atoms with Gasteiger partial charge in [-0.15, -0.1) is 0 Å². The Morgan fingerprint density at radius 2 is 0.788 bits per heavy atom. The molecule has 0 heterocycles. The topological polar surface area (TPSA) is 3.24 Å². The maximum atomic E-state index is 2.59. The van der Waals surface area contributed by atoms with E-state index in [2.05, 4.69) is 229 Å². The van der Waals surface area contributed by atoms with E-state index in [0.29, 0.717) is 5.41 Å². The van der Waals surface area contributed by atoms with Gasteiger partial charge in [-0.2, -0.15) is 0 Å². The number of hydrogen-bond donors (Lipinski definition) is 0. The summed E-state index contributed by atoms with van der Waals surface area (Å²) in [5, 5.41) is 0. The quantitative estimate of drug-likeness (QED) is 0.147. The smallest absolute Gasteiger partial charge is 0.0552 e. The van der Waals surface area contributed by atoms with Crippen molar-refractivity contribution in [2.45, 2.75) is 37.5 Å². The molecule has 5 aliphatic carbocycles. The zero-order valence-corrected chi connectivity index (χ0v) is 37.2. The lowest BCUT2D eigenvalue weighted by atomic mass is 9.38. The lowest BCUT2D eigenvalue weighted by molar-refractivity contribution is -0.0820. The highest BCUT2D eigenvalue weighted by Gasteiger charge is 2.79. The largest absolute Gasteiger partial charge is 0.310 e. The summed E-state index contributed by atoms with van der Waals surface area (Å²) in [5.41, 5.74) is 22.4. The van der Waals surface area contributed by atoms with E-state index in [1.807, 2.05) is 0 Å². The van der Waals surface area contributed by atoms with Crippen molar-refractivity contribution in [3.8, 4) is 66.8 Å². The van der Waals surface area contributed by atoms with E-state index in [1.165, 1.54) is 98.9 Å². The molecule has 0 N–H and O–H groups in total. The molecule has 0 aromatic heterocycles. The molecule has 14 rings (SSSR count). The molecule has 1 heteroatoms. The fourth-order valence-electron chi connectivity index (χ4n) is 14.8. The fourth-order valence-corrected chi connectivity index (χ4v) is 14.8. The second-order valence-electron chi connectivity index (χ2n) is 20.2. The van der Waals surface area contributed by atoms with Crippen molar-refractivity contribution < 1.29 is 0 Å². The number of nitrogens with zero attached hydrogens (tertiary/aromatic N) is 1. The summed E-state index contributed by atoms with van der Waals surface area (Å²) in [7, 11) is 0. The Labute approximate surface area is 389 Å². The number of hydrogen-bond acceptors (Lipinski definition) is 1. The Morgan fingerprint density at radius 3 is 1.36 bits per heavy atom. The van der Waals surface area contributed by atoms with Crippen LogP contribution in [0, 0.1) is 29.1 Å². The first-order valence-electron chi connectivity index (χ1n) is 24.3. The number of benzene rings is 9. The Morgan fingerprint density at radius 1 is 0.333 bits per heavy atom. The van der Waals surface area contributed by atoms with Crippen molar-refractivity contribution in [1.29, 1.82) is 0 Å². The molecule has 0 radical (unpaired) electrons. The van der Waals surface area contributed by atoms with Crippen molar-refractivity contribution in [3.63, 3.8) is 0 Å². The SMILES string of the molecule is c1ccc(-c2ccc(N(c3ccc(-c4ccccc4)cc3)c3cc(-c4ccc5c(c4)-c4ccccc4C54C5CC6CC7CC4C5(C6)C7)cc(-c4ccccc4)c3-c3ccccc3)cc2)cc1. The Balaban J connectivity index is 0.993. The van der Waals surface area contributed by atoms with Gasteiger partial charge in [0.15, 0.2) is 0 Å². The molecule has 4 atom stereocenters. The molecule has 2 spiro atoms. The van der Waals surface area contributed by atoms with E-state index in [1.54, 1.807) is 11.1 Å². The van der Waals surface area contributed by atoms with E-state index < -0.39 is 0 Å². The van der Waals surface area contributed by atoms with Gasteiger partial charge in [0.05, 0.1) is 5.69 Å². The van der Waals surface area contributed by atoms with Crippen LogP contribution in [0.1, 0.15) is 43.2 Å². The van der Waals surface area contributed by atoms with Gasteiger partial charge in [0, 0.05) is 22.4 Å².